The summed E-state index contributed by atoms with van der Waals surface area (Å²) in [6.45, 7) is 1.92. The predicted octanol–water partition coefficient (Wildman–Crippen LogP) is 3.95. The maximum atomic E-state index is 12.0. The van der Waals surface area contributed by atoms with Gasteiger partial charge in [-0.15, -0.1) is 0 Å². The van der Waals surface area contributed by atoms with Crippen molar-refractivity contribution in [1.82, 2.24) is 4.98 Å². The Kier molecular flexibility index (Phi) is 3.84. The third kappa shape index (κ3) is 3.00. The second-order valence-electron chi connectivity index (χ2n) is 3.80. The quantitative estimate of drug-likeness (QED) is 0.905. The number of carbonyl (C=O) groups excluding carboxylic acids is 1. The molecule has 18 heavy (non-hydrogen) atoms. The average Bonchev–Trinajstić information content (AvgIpc) is 2.32. The molecule has 0 bridgehead atoms. The molecule has 0 fully saturated rings. The molecule has 1 heterocycles. The summed E-state index contributed by atoms with van der Waals surface area (Å²) >= 11 is 11.8. The number of anilines is 1. The number of carbonyl (C=O) groups is 1. The first kappa shape index (κ1) is 12.9. The SMILES string of the molecule is Cc1ccnc(NC(=O)c2cc(Cl)ccc2Cl)c1. The number of amides is 1. The molecule has 1 aromatic carbocycles. The van der Waals surface area contributed by atoms with Crippen LogP contribution in [-0.2, 0) is 0 Å². The fourth-order valence-electron chi connectivity index (χ4n) is 1.46. The minimum absolute atomic E-state index is 0.326. The van der Waals surface area contributed by atoms with Crippen molar-refractivity contribution in [2.75, 3.05) is 5.32 Å². The van der Waals surface area contributed by atoms with E-state index in [0.29, 0.717) is 21.4 Å². The van der Waals surface area contributed by atoms with Crippen molar-refractivity contribution in [3.63, 3.8) is 0 Å². The van der Waals surface area contributed by atoms with Gasteiger partial charge in [-0.05, 0) is 42.8 Å². The van der Waals surface area contributed by atoms with E-state index in [0.717, 1.165) is 5.56 Å². The summed E-state index contributed by atoms with van der Waals surface area (Å²) < 4.78 is 0. The minimum Gasteiger partial charge on any atom is -0.307 e. The van der Waals surface area contributed by atoms with Crippen LogP contribution in [0, 0.1) is 6.92 Å². The Hall–Kier alpha value is -1.58. The van der Waals surface area contributed by atoms with Gasteiger partial charge in [0.15, 0.2) is 0 Å². The normalized spacial score (nSPS) is 10.2. The van der Waals surface area contributed by atoms with E-state index in [1.165, 1.54) is 6.07 Å². The summed E-state index contributed by atoms with van der Waals surface area (Å²) in [6.07, 6.45) is 1.63. The molecule has 1 amide bonds. The van der Waals surface area contributed by atoms with Gasteiger partial charge in [0.2, 0.25) is 0 Å². The molecule has 0 saturated heterocycles. The van der Waals surface area contributed by atoms with Crippen molar-refractivity contribution < 1.29 is 4.79 Å². The van der Waals surface area contributed by atoms with Gasteiger partial charge in [0.05, 0.1) is 10.6 Å². The van der Waals surface area contributed by atoms with E-state index in [2.05, 4.69) is 10.3 Å². The third-order valence-electron chi connectivity index (χ3n) is 2.33. The minimum atomic E-state index is -0.333. The van der Waals surface area contributed by atoms with Crippen molar-refractivity contribution in [3.05, 3.63) is 57.7 Å². The van der Waals surface area contributed by atoms with E-state index >= 15 is 0 Å². The highest BCUT2D eigenvalue weighted by Gasteiger charge is 2.11. The largest absolute Gasteiger partial charge is 0.307 e. The van der Waals surface area contributed by atoms with Crippen LogP contribution in [0.2, 0.25) is 10.0 Å². The second kappa shape index (κ2) is 5.38. The van der Waals surface area contributed by atoms with E-state index in [9.17, 15) is 4.79 Å². The topological polar surface area (TPSA) is 42.0 Å². The number of halogens is 2. The Morgan fingerprint density at radius 1 is 1.22 bits per heavy atom. The van der Waals surface area contributed by atoms with Gasteiger partial charge in [-0.2, -0.15) is 0 Å². The molecule has 0 radical (unpaired) electrons. The van der Waals surface area contributed by atoms with Gasteiger partial charge in [0, 0.05) is 11.2 Å². The molecule has 92 valence electrons. The number of benzene rings is 1. The lowest BCUT2D eigenvalue weighted by molar-refractivity contribution is 0.102. The van der Waals surface area contributed by atoms with E-state index in [1.807, 2.05) is 13.0 Å². The standard InChI is InChI=1S/C13H10Cl2N2O/c1-8-4-5-16-12(6-8)17-13(18)10-7-9(14)2-3-11(10)15/h2-7H,1H3,(H,16,17,18). The number of nitrogens with one attached hydrogen (secondary N) is 1. The summed E-state index contributed by atoms with van der Waals surface area (Å²) in [6, 6.07) is 8.36. The molecule has 0 spiro atoms. The molecule has 3 nitrogen and oxygen atoms in total. The first-order valence-corrected chi connectivity index (χ1v) is 6.01. The smallest absolute Gasteiger partial charge is 0.258 e. The van der Waals surface area contributed by atoms with Crippen LogP contribution in [0.15, 0.2) is 36.5 Å². The maximum Gasteiger partial charge on any atom is 0.258 e. The van der Waals surface area contributed by atoms with Crippen LogP contribution in [0.3, 0.4) is 0 Å². The average molecular weight is 281 g/mol. The van der Waals surface area contributed by atoms with Crippen molar-refractivity contribution >= 4 is 34.9 Å². The number of hydrogen-bond donors (Lipinski definition) is 1. The summed E-state index contributed by atoms with van der Waals surface area (Å²) in [4.78, 5) is 16.1. The fraction of sp³-hybridized carbons (Fsp3) is 0.0769. The second-order valence-corrected chi connectivity index (χ2v) is 4.64. The van der Waals surface area contributed by atoms with E-state index in [4.69, 9.17) is 23.2 Å². The highest BCUT2D eigenvalue weighted by molar-refractivity contribution is 6.36. The first-order chi connectivity index (χ1) is 8.56. The summed E-state index contributed by atoms with van der Waals surface area (Å²) in [5, 5.41) is 3.49. The van der Waals surface area contributed by atoms with Gasteiger partial charge >= 0.3 is 0 Å². The lowest BCUT2D eigenvalue weighted by atomic mass is 10.2. The van der Waals surface area contributed by atoms with Crippen LogP contribution in [-0.4, -0.2) is 10.9 Å². The van der Waals surface area contributed by atoms with Crippen LogP contribution in [0.1, 0.15) is 15.9 Å². The van der Waals surface area contributed by atoms with Gasteiger partial charge in [-0.1, -0.05) is 23.2 Å². The zero-order chi connectivity index (χ0) is 13.1. The van der Waals surface area contributed by atoms with Crippen molar-refractivity contribution in [1.29, 1.82) is 0 Å². The zero-order valence-corrected chi connectivity index (χ0v) is 11.1. The highest BCUT2D eigenvalue weighted by Crippen LogP contribution is 2.21. The van der Waals surface area contributed by atoms with Crippen LogP contribution >= 0.6 is 23.2 Å². The predicted molar refractivity (Wildman–Crippen MR) is 73.4 cm³/mol. The van der Waals surface area contributed by atoms with E-state index < -0.39 is 0 Å². The molecule has 0 aliphatic carbocycles. The van der Waals surface area contributed by atoms with Gasteiger partial charge in [0.25, 0.3) is 5.91 Å². The molecule has 1 aromatic heterocycles. The van der Waals surface area contributed by atoms with Gasteiger partial charge in [0.1, 0.15) is 5.82 Å². The molecular formula is C13H10Cl2N2O. The van der Waals surface area contributed by atoms with Crippen molar-refractivity contribution in [2.45, 2.75) is 6.92 Å². The lowest BCUT2D eigenvalue weighted by Crippen LogP contribution is -2.13. The zero-order valence-electron chi connectivity index (χ0n) is 9.58. The van der Waals surface area contributed by atoms with E-state index in [-0.39, 0.29) is 5.91 Å². The monoisotopic (exact) mass is 280 g/mol. The maximum absolute atomic E-state index is 12.0. The first-order valence-electron chi connectivity index (χ1n) is 5.25. The Balaban J connectivity index is 2.24. The number of nitrogens with zero attached hydrogens (tertiary/aromatic N) is 1. The molecule has 5 heteroatoms. The van der Waals surface area contributed by atoms with Crippen molar-refractivity contribution in [3.8, 4) is 0 Å². The van der Waals surface area contributed by atoms with Crippen LogP contribution < -0.4 is 5.32 Å². The molecule has 1 N–H and O–H groups in total. The Labute approximate surface area is 115 Å². The summed E-state index contributed by atoms with van der Waals surface area (Å²) in [7, 11) is 0. The molecule has 0 aliphatic rings. The molecule has 0 saturated carbocycles. The molecular weight excluding hydrogens is 271 g/mol. The lowest BCUT2D eigenvalue weighted by Gasteiger charge is -2.06. The van der Waals surface area contributed by atoms with Gasteiger partial charge in [-0.3, -0.25) is 4.79 Å². The number of hydrogen-bond acceptors (Lipinski definition) is 2. The number of aromatic nitrogens is 1. The third-order valence-corrected chi connectivity index (χ3v) is 2.89. The van der Waals surface area contributed by atoms with Gasteiger partial charge in [-0.25, -0.2) is 4.98 Å². The van der Waals surface area contributed by atoms with Crippen LogP contribution in [0.4, 0.5) is 5.82 Å². The Bertz CT molecular complexity index is 599. The van der Waals surface area contributed by atoms with E-state index in [1.54, 1.807) is 24.4 Å². The molecule has 2 rings (SSSR count). The molecule has 0 aliphatic heterocycles. The number of pyridine rings is 1. The molecule has 0 atom stereocenters. The Morgan fingerprint density at radius 2 is 2.00 bits per heavy atom. The van der Waals surface area contributed by atoms with Crippen LogP contribution in [0.5, 0.6) is 0 Å². The number of rotatable bonds is 2. The van der Waals surface area contributed by atoms with Crippen LogP contribution in [0.25, 0.3) is 0 Å². The molecule has 0 unspecified atom stereocenters. The summed E-state index contributed by atoms with van der Waals surface area (Å²) in [5.74, 6) is 0.150. The highest BCUT2D eigenvalue weighted by atomic mass is 35.5. The molecule has 2 aromatic rings. The Morgan fingerprint density at radius 3 is 2.72 bits per heavy atom. The van der Waals surface area contributed by atoms with Gasteiger partial charge < -0.3 is 5.32 Å². The summed E-state index contributed by atoms with van der Waals surface area (Å²) in [5.41, 5.74) is 1.34. The van der Waals surface area contributed by atoms with Crippen molar-refractivity contribution in [2.24, 2.45) is 0 Å². The number of aryl methyl sites for hydroxylation is 1. The fourth-order valence-corrected chi connectivity index (χ4v) is 1.84.